The number of carbonyl (C=O) groups excluding carboxylic acids is 1. The minimum Gasteiger partial charge on any atom is -0.346 e. The van der Waals surface area contributed by atoms with Crippen LogP contribution in [0.5, 0.6) is 0 Å². The molecule has 0 bridgehead atoms. The van der Waals surface area contributed by atoms with Crippen molar-refractivity contribution in [2.24, 2.45) is 0 Å². The molecule has 0 aliphatic carbocycles. The zero-order valence-corrected chi connectivity index (χ0v) is 15.1. The van der Waals surface area contributed by atoms with Crippen molar-refractivity contribution in [3.63, 3.8) is 0 Å². The first kappa shape index (κ1) is 17.9. The molecule has 1 amide bonds. The summed E-state index contributed by atoms with van der Waals surface area (Å²) in [6, 6.07) is 21.4. The molecule has 0 saturated carbocycles. The largest absolute Gasteiger partial charge is 0.346 e. The van der Waals surface area contributed by atoms with Crippen molar-refractivity contribution in [1.29, 1.82) is 0 Å². The Morgan fingerprint density at radius 2 is 1.85 bits per heavy atom. The van der Waals surface area contributed by atoms with Gasteiger partial charge in [0.05, 0.1) is 6.04 Å². The molecule has 1 unspecified atom stereocenters. The van der Waals surface area contributed by atoms with Crippen molar-refractivity contribution in [2.75, 3.05) is 0 Å². The van der Waals surface area contributed by atoms with Crippen molar-refractivity contribution >= 4 is 23.6 Å². The van der Waals surface area contributed by atoms with E-state index in [1.54, 1.807) is 24.4 Å². The fourth-order valence-corrected chi connectivity index (χ4v) is 2.73. The fraction of sp³-hybridized carbons (Fsp3) is 0.0909. The topological polar surface area (TPSA) is 42.0 Å². The lowest BCUT2D eigenvalue weighted by Crippen LogP contribution is -2.24. The number of halogens is 1. The van der Waals surface area contributed by atoms with E-state index in [0.29, 0.717) is 5.15 Å². The Labute approximate surface area is 158 Å². The summed E-state index contributed by atoms with van der Waals surface area (Å²) in [6.07, 6.45) is 5.10. The number of carbonyl (C=O) groups is 1. The summed E-state index contributed by atoms with van der Waals surface area (Å²) in [6.45, 7) is 1.97. The van der Waals surface area contributed by atoms with E-state index in [9.17, 15) is 4.79 Å². The van der Waals surface area contributed by atoms with Crippen LogP contribution in [0.1, 0.15) is 24.1 Å². The van der Waals surface area contributed by atoms with Crippen LogP contribution in [0, 0.1) is 0 Å². The van der Waals surface area contributed by atoms with Gasteiger partial charge in [-0.1, -0.05) is 60.1 Å². The normalized spacial score (nSPS) is 12.1. The Kier molecular flexibility index (Phi) is 5.82. The Morgan fingerprint density at radius 1 is 1.04 bits per heavy atom. The zero-order chi connectivity index (χ0) is 18.4. The second-order valence-corrected chi connectivity index (χ2v) is 6.36. The first-order valence-electron chi connectivity index (χ1n) is 8.37. The average molecular weight is 363 g/mol. The number of aromatic nitrogens is 1. The molecule has 0 aliphatic rings. The fourth-order valence-electron chi connectivity index (χ4n) is 2.62. The van der Waals surface area contributed by atoms with Gasteiger partial charge in [-0.2, -0.15) is 0 Å². The zero-order valence-electron chi connectivity index (χ0n) is 14.4. The minimum atomic E-state index is -0.125. The standard InChI is InChI=1S/C22H19ClN2O/c1-16(25-22(26)13-10-17-6-3-2-4-7-17)18-8-5-9-19(14-18)20-11-12-21(23)24-15-20/h2-16H,1H3,(H,25,26)/b13-10+. The molecule has 1 N–H and O–H groups in total. The van der Waals surface area contributed by atoms with Gasteiger partial charge in [-0.25, -0.2) is 4.98 Å². The van der Waals surface area contributed by atoms with E-state index >= 15 is 0 Å². The van der Waals surface area contributed by atoms with Gasteiger partial charge in [0.2, 0.25) is 5.91 Å². The van der Waals surface area contributed by atoms with Crippen LogP contribution in [0.15, 0.2) is 79.0 Å². The quantitative estimate of drug-likeness (QED) is 0.494. The summed E-state index contributed by atoms with van der Waals surface area (Å²) < 4.78 is 0. The molecule has 3 aromatic rings. The molecular formula is C22H19ClN2O. The van der Waals surface area contributed by atoms with E-state index in [-0.39, 0.29) is 11.9 Å². The van der Waals surface area contributed by atoms with Gasteiger partial charge in [0, 0.05) is 17.8 Å². The third-order valence-corrected chi connectivity index (χ3v) is 4.26. The molecule has 3 nitrogen and oxygen atoms in total. The highest BCUT2D eigenvalue weighted by molar-refractivity contribution is 6.29. The van der Waals surface area contributed by atoms with Crippen LogP contribution in [0.25, 0.3) is 17.2 Å². The molecule has 4 heteroatoms. The van der Waals surface area contributed by atoms with Gasteiger partial charge in [-0.05, 0) is 47.9 Å². The Bertz CT molecular complexity index is 905. The van der Waals surface area contributed by atoms with E-state index in [1.165, 1.54) is 0 Å². The maximum atomic E-state index is 12.2. The summed E-state index contributed by atoms with van der Waals surface area (Å²) in [5, 5.41) is 3.46. The van der Waals surface area contributed by atoms with Gasteiger partial charge in [-0.15, -0.1) is 0 Å². The summed E-state index contributed by atoms with van der Waals surface area (Å²) in [5.74, 6) is -0.125. The minimum absolute atomic E-state index is 0.108. The maximum absolute atomic E-state index is 12.2. The van der Waals surface area contributed by atoms with Crippen molar-refractivity contribution in [3.8, 4) is 11.1 Å². The van der Waals surface area contributed by atoms with Crippen molar-refractivity contribution in [3.05, 3.63) is 95.3 Å². The molecule has 2 aromatic carbocycles. The lowest BCUT2D eigenvalue weighted by atomic mass is 10.0. The molecule has 26 heavy (non-hydrogen) atoms. The van der Waals surface area contributed by atoms with Gasteiger partial charge in [-0.3, -0.25) is 4.79 Å². The van der Waals surface area contributed by atoms with E-state index in [1.807, 2.05) is 61.5 Å². The lowest BCUT2D eigenvalue weighted by molar-refractivity contribution is -0.117. The first-order chi connectivity index (χ1) is 12.6. The second-order valence-electron chi connectivity index (χ2n) is 5.97. The number of benzene rings is 2. The molecule has 1 atom stereocenters. The van der Waals surface area contributed by atoms with Gasteiger partial charge in [0.1, 0.15) is 5.15 Å². The van der Waals surface area contributed by atoms with Crippen molar-refractivity contribution < 1.29 is 4.79 Å². The number of hydrogen-bond acceptors (Lipinski definition) is 2. The van der Waals surface area contributed by atoms with Crippen LogP contribution in [-0.4, -0.2) is 10.9 Å². The molecule has 130 valence electrons. The van der Waals surface area contributed by atoms with Crippen molar-refractivity contribution in [1.82, 2.24) is 10.3 Å². The lowest BCUT2D eigenvalue weighted by Gasteiger charge is -2.14. The molecule has 1 aromatic heterocycles. The number of amides is 1. The van der Waals surface area contributed by atoms with E-state index in [2.05, 4.69) is 16.4 Å². The number of hydrogen-bond donors (Lipinski definition) is 1. The highest BCUT2D eigenvalue weighted by Gasteiger charge is 2.09. The van der Waals surface area contributed by atoms with E-state index in [4.69, 9.17) is 11.6 Å². The molecule has 0 aliphatic heterocycles. The van der Waals surface area contributed by atoms with Crippen LogP contribution in [0.2, 0.25) is 5.15 Å². The molecule has 0 radical (unpaired) electrons. The highest BCUT2D eigenvalue weighted by atomic mass is 35.5. The highest BCUT2D eigenvalue weighted by Crippen LogP contribution is 2.23. The molecule has 0 saturated heterocycles. The predicted molar refractivity (Wildman–Crippen MR) is 107 cm³/mol. The van der Waals surface area contributed by atoms with Crippen LogP contribution in [-0.2, 0) is 4.79 Å². The third kappa shape index (κ3) is 4.80. The van der Waals surface area contributed by atoms with Gasteiger partial charge < -0.3 is 5.32 Å². The predicted octanol–water partition coefficient (Wildman–Crippen LogP) is 5.29. The Morgan fingerprint density at radius 3 is 2.58 bits per heavy atom. The van der Waals surface area contributed by atoms with Crippen LogP contribution < -0.4 is 5.32 Å². The third-order valence-electron chi connectivity index (χ3n) is 4.03. The molecule has 0 fully saturated rings. The summed E-state index contributed by atoms with van der Waals surface area (Å²) in [5.41, 5.74) is 4.04. The van der Waals surface area contributed by atoms with Gasteiger partial charge in [0.15, 0.2) is 0 Å². The Balaban J connectivity index is 1.69. The number of pyridine rings is 1. The van der Waals surface area contributed by atoms with Crippen LogP contribution >= 0.6 is 11.6 Å². The number of nitrogens with zero attached hydrogens (tertiary/aromatic N) is 1. The second kappa shape index (κ2) is 8.45. The van der Waals surface area contributed by atoms with Crippen LogP contribution in [0.3, 0.4) is 0 Å². The van der Waals surface area contributed by atoms with Gasteiger partial charge in [0.25, 0.3) is 0 Å². The SMILES string of the molecule is CC(NC(=O)/C=C/c1ccccc1)c1cccc(-c2ccc(Cl)nc2)c1. The maximum Gasteiger partial charge on any atom is 0.244 e. The summed E-state index contributed by atoms with van der Waals surface area (Å²) >= 11 is 5.85. The number of rotatable bonds is 5. The molecular weight excluding hydrogens is 344 g/mol. The Hall–Kier alpha value is -2.91. The van der Waals surface area contributed by atoms with Crippen molar-refractivity contribution in [2.45, 2.75) is 13.0 Å². The van der Waals surface area contributed by atoms with Gasteiger partial charge >= 0.3 is 0 Å². The monoisotopic (exact) mass is 362 g/mol. The smallest absolute Gasteiger partial charge is 0.244 e. The molecule has 3 rings (SSSR count). The first-order valence-corrected chi connectivity index (χ1v) is 8.75. The van der Waals surface area contributed by atoms with Crippen LogP contribution in [0.4, 0.5) is 0 Å². The average Bonchev–Trinajstić information content (AvgIpc) is 2.68. The molecule has 0 spiro atoms. The van der Waals surface area contributed by atoms with E-state index in [0.717, 1.165) is 22.3 Å². The van der Waals surface area contributed by atoms with E-state index < -0.39 is 0 Å². The summed E-state index contributed by atoms with van der Waals surface area (Å²) in [4.78, 5) is 16.3. The molecule has 1 heterocycles. The summed E-state index contributed by atoms with van der Waals surface area (Å²) in [7, 11) is 0. The number of nitrogens with one attached hydrogen (secondary N) is 1.